The zero-order valence-corrected chi connectivity index (χ0v) is 17.5. The number of nitrogens with one attached hydrogen (secondary N) is 1. The van der Waals surface area contributed by atoms with Crippen LogP contribution < -0.4 is 5.32 Å². The fourth-order valence-electron chi connectivity index (χ4n) is 3.29. The van der Waals surface area contributed by atoms with Gasteiger partial charge in [-0.1, -0.05) is 18.1 Å². The minimum atomic E-state index is -0.880. The number of fused-ring (bicyclic) bond motifs is 1. The van der Waals surface area contributed by atoms with Gasteiger partial charge in [-0.15, -0.1) is 0 Å². The lowest BCUT2D eigenvalue weighted by Crippen LogP contribution is -2.11. The van der Waals surface area contributed by atoms with E-state index in [0.29, 0.717) is 22.9 Å². The number of aromatic nitrogens is 2. The summed E-state index contributed by atoms with van der Waals surface area (Å²) in [7, 11) is 0. The van der Waals surface area contributed by atoms with E-state index in [0.717, 1.165) is 40.0 Å². The van der Waals surface area contributed by atoms with Crippen LogP contribution in [0.3, 0.4) is 0 Å². The van der Waals surface area contributed by atoms with Gasteiger partial charge in [-0.2, -0.15) is 0 Å². The molecule has 0 saturated heterocycles. The number of nitrogens with zero attached hydrogens (tertiary/aromatic N) is 2. The standard InChI is InChI=1S/C26H21F2N3/c1-16(2)30-26-12-17(3)22-13-18(5-11-25(22)31-26)4-8-21-9-6-20(15-29-21)19-7-10-23(27)24(28)14-19/h5-7,9-16H,1-3H3,(H,30,31). The summed E-state index contributed by atoms with van der Waals surface area (Å²) >= 11 is 0. The molecule has 0 unspecified atom stereocenters. The largest absolute Gasteiger partial charge is 0.368 e. The van der Waals surface area contributed by atoms with Gasteiger partial charge < -0.3 is 5.32 Å². The topological polar surface area (TPSA) is 37.8 Å². The summed E-state index contributed by atoms with van der Waals surface area (Å²) in [5.41, 5.74) is 4.78. The summed E-state index contributed by atoms with van der Waals surface area (Å²) in [5, 5.41) is 4.39. The molecule has 31 heavy (non-hydrogen) atoms. The molecule has 0 aliphatic heterocycles. The molecule has 2 aromatic heterocycles. The normalized spacial score (nSPS) is 10.8. The van der Waals surface area contributed by atoms with Crippen molar-refractivity contribution >= 4 is 16.7 Å². The second-order valence-electron chi connectivity index (χ2n) is 7.67. The number of pyridine rings is 2. The van der Waals surface area contributed by atoms with Crippen LogP contribution in [-0.2, 0) is 0 Å². The van der Waals surface area contributed by atoms with E-state index >= 15 is 0 Å². The molecular weight excluding hydrogens is 392 g/mol. The number of aryl methyl sites for hydroxylation is 1. The Kier molecular flexibility index (Phi) is 5.64. The maximum Gasteiger partial charge on any atom is 0.159 e. The Morgan fingerprint density at radius 2 is 1.68 bits per heavy atom. The van der Waals surface area contributed by atoms with Gasteiger partial charge in [0.1, 0.15) is 11.5 Å². The van der Waals surface area contributed by atoms with E-state index in [9.17, 15) is 8.78 Å². The molecule has 5 heteroatoms. The third-order valence-corrected chi connectivity index (χ3v) is 4.80. The van der Waals surface area contributed by atoms with E-state index in [1.165, 1.54) is 6.07 Å². The van der Waals surface area contributed by atoms with E-state index < -0.39 is 11.6 Å². The zero-order chi connectivity index (χ0) is 22.0. The van der Waals surface area contributed by atoms with E-state index in [1.54, 1.807) is 18.3 Å². The van der Waals surface area contributed by atoms with Gasteiger partial charge in [-0.25, -0.2) is 18.7 Å². The average Bonchev–Trinajstić information content (AvgIpc) is 2.74. The van der Waals surface area contributed by atoms with Gasteiger partial charge in [0.15, 0.2) is 11.6 Å². The van der Waals surface area contributed by atoms with Crippen molar-refractivity contribution in [2.24, 2.45) is 0 Å². The first-order valence-electron chi connectivity index (χ1n) is 10.0. The van der Waals surface area contributed by atoms with Crippen molar-refractivity contribution in [3.63, 3.8) is 0 Å². The number of anilines is 1. The highest BCUT2D eigenvalue weighted by molar-refractivity contribution is 5.85. The molecule has 4 rings (SSSR count). The Balaban J connectivity index is 1.57. The molecular formula is C26H21F2N3. The van der Waals surface area contributed by atoms with Crippen LogP contribution in [0.2, 0.25) is 0 Å². The number of benzene rings is 2. The summed E-state index contributed by atoms with van der Waals surface area (Å²) in [6.45, 7) is 6.22. The van der Waals surface area contributed by atoms with Crippen LogP contribution >= 0.6 is 0 Å². The lowest BCUT2D eigenvalue weighted by molar-refractivity contribution is 0.509. The molecule has 0 aliphatic rings. The van der Waals surface area contributed by atoms with E-state index in [1.807, 2.05) is 24.3 Å². The molecule has 4 aromatic rings. The minimum Gasteiger partial charge on any atom is -0.368 e. The van der Waals surface area contributed by atoms with Gasteiger partial charge in [0, 0.05) is 28.8 Å². The molecule has 2 aromatic carbocycles. The van der Waals surface area contributed by atoms with Crippen LogP contribution in [0.15, 0.2) is 60.8 Å². The van der Waals surface area contributed by atoms with Crippen LogP contribution in [0.5, 0.6) is 0 Å². The van der Waals surface area contributed by atoms with Crippen LogP contribution in [0.4, 0.5) is 14.6 Å². The third kappa shape index (κ3) is 4.70. The molecule has 0 bridgehead atoms. The van der Waals surface area contributed by atoms with Gasteiger partial charge >= 0.3 is 0 Å². The summed E-state index contributed by atoms with van der Waals surface area (Å²) in [4.78, 5) is 8.99. The van der Waals surface area contributed by atoms with Gasteiger partial charge in [-0.05, 0) is 80.3 Å². The third-order valence-electron chi connectivity index (χ3n) is 4.80. The van der Waals surface area contributed by atoms with Crippen molar-refractivity contribution in [3.8, 4) is 23.0 Å². The highest BCUT2D eigenvalue weighted by Gasteiger charge is 2.06. The monoisotopic (exact) mass is 413 g/mol. The fourth-order valence-corrected chi connectivity index (χ4v) is 3.29. The summed E-state index contributed by atoms with van der Waals surface area (Å²) in [6, 6.07) is 15.6. The van der Waals surface area contributed by atoms with Crippen molar-refractivity contribution in [2.75, 3.05) is 5.32 Å². The molecule has 3 nitrogen and oxygen atoms in total. The van der Waals surface area contributed by atoms with Crippen molar-refractivity contribution in [2.45, 2.75) is 26.8 Å². The molecule has 0 saturated carbocycles. The zero-order valence-electron chi connectivity index (χ0n) is 17.5. The molecule has 0 fully saturated rings. The summed E-state index contributed by atoms with van der Waals surface area (Å²) < 4.78 is 26.6. The van der Waals surface area contributed by atoms with Crippen LogP contribution in [0.25, 0.3) is 22.0 Å². The highest BCUT2D eigenvalue weighted by Crippen LogP contribution is 2.23. The molecule has 0 radical (unpaired) electrons. The minimum absolute atomic E-state index is 0.315. The second kappa shape index (κ2) is 8.53. The SMILES string of the molecule is Cc1cc(NC(C)C)nc2ccc(C#Cc3ccc(-c4ccc(F)c(F)c4)cn3)cc12. The van der Waals surface area contributed by atoms with Crippen LogP contribution in [0, 0.1) is 30.4 Å². The lowest BCUT2D eigenvalue weighted by Gasteiger charge is -2.11. The Bertz CT molecular complexity index is 1320. The Morgan fingerprint density at radius 3 is 2.39 bits per heavy atom. The first-order valence-corrected chi connectivity index (χ1v) is 10.0. The Hall–Kier alpha value is -3.78. The smallest absolute Gasteiger partial charge is 0.159 e. The fraction of sp³-hybridized carbons (Fsp3) is 0.154. The lowest BCUT2D eigenvalue weighted by atomic mass is 10.1. The van der Waals surface area contributed by atoms with Gasteiger partial charge in [0.05, 0.1) is 5.52 Å². The van der Waals surface area contributed by atoms with E-state index in [2.05, 4.69) is 47.9 Å². The van der Waals surface area contributed by atoms with Crippen LogP contribution in [-0.4, -0.2) is 16.0 Å². The molecule has 1 N–H and O–H groups in total. The number of rotatable bonds is 3. The van der Waals surface area contributed by atoms with Crippen molar-refractivity contribution in [3.05, 3.63) is 89.2 Å². The number of hydrogen-bond donors (Lipinski definition) is 1. The van der Waals surface area contributed by atoms with Crippen molar-refractivity contribution in [1.82, 2.24) is 9.97 Å². The van der Waals surface area contributed by atoms with Crippen LogP contribution in [0.1, 0.15) is 30.7 Å². The molecule has 2 heterocycles. The average molecular weight is 413 g/mol. The first-order chi connectivity index (χ1) is 14.9. The number of halogens is 2. The van der Waals surface area contributed by atoms with Gasteiger partial charge in [-0.3, -0.25) is 0 Å². The molecule has 0 spiro atoms. The van der Waals surface area contributed by atoms with Crippen molar-refractivity contribution < 1.29 is 8.78 Å². The summed E-state index contributed by atoms with van der Waals surface area (Å²) in [6.07, 6.45) is 1.61. The van der Waals surface area contributed by atoms with E-state index in [-0.39, 0.29) is 0 Å². The first kappa shape index (κ1) is 20.5. The Morgan fingerprint density at radius 1 is 0.871 bits per heavy atom. The maximum atomic E-state index is 13.4. The van der Waals surface area contributed by atoms with E-state index in [4.69, 9.17) is 0 Å². The number of hydrogen-bond acceptors (Lipinski definition) is 3. The summed E-state index contributed by atoms with van der Waals surface area (Å²) in [5.74, 6) is 5.31. The highest BCUT2D eigenvalue weighted by atomic mass is 19.2. The molecule has 0 amide bonds. The second-order valence-corrected chi connectivity index (χ2v) is 7.67. The molecule has 0 atom stereocenters. The quantitative estimate of drug-likeness (QED) is 0.412. The predicted molar refractivity (Wildman–Crippen MR) is 121 cm³/mol. The molecule has 154 valence electrons. The van der Waals surface area contributed by atoms with Crippen molar-refractivity contribution in [1.29, 1.82) is 0 Å². The van der Waals surface area contributed by atoms with Gasteiger partial charge in [0.25, 0.3) is 0 Å². The molecule has 0 aliphatic carbocycles. The predicted octanol–water partition coefficient (Wildman–Crippen LogP) is 6.10. The maximum absolute atomic E-state index is 13.4. The van der Waals surface area contributed by atoms with Gasteiger partial charge in [0.2, 0.25) is 0 Å². The Labute approximate surface area is 180 Å².